The minimum atomic E-state index is 0. The Morgan fingerprint density at radius 3 is 1.65 bits per heavy atom. The lowest BCUT2D eigenvalue weighted by Crippen LogP contribution is -2.34. The van der Waals surface area contributed by atoms with Gasteiger partial charge in [-0.05, 0) is 93.7 Å². The highest BCUT2D eigenvalue weighted by Crippen LogP contribution is 2.40. The summed E-state index contributed by atoms with van der Waals surface area (Å²) in [6.07, 6.45) is 27.3. The van der Waals surface area contributed by atoms with Crippen molar-refractivity contribution >= 4 is 22.4 Å². The molecule has 4 aromatic rings. The Hall–Kier alpha value is -3.40. The van der Waals surface area contributed by atoms with Gasteiger partial charge in [-0.15, -0.1) is 0 Å². The number of nitrogens with one attached hydrogen (secondary N) is 1. The van der Waals surface area contributed by atoms with E-state index in [0.29, 0.717) is 29.7 Å². The summed E-state index contributed by atoms with van der Waals surface area (Å²) in [7, 11) is 0. The number of ether oxygens (including phenoxy) is 2. The molecule has 4 aromatic heterocycles. The van der Waals surface area contributed by atoms with Crippen molar-refractivity contribution in [3.05, 3.63) is 71.1 Å². The molecule has 10 rings (SSSR count). The quantitative estimate of drug-likeness (QED) is 0.227. The first kappa shape index (κ1) is 36.9. The van der Waals surface area contributed by atoms with Gasteiger partial charge < -0.3 is 14.8 Å². The zero-order valence-electron chi connectivity index (χ0n) is 29.9. The predicted molar refractivity (Wildman–Crippen MR) is 210 cm³/mol. The Balaban J connectivity index is 0.000000156. The van der Waals surface area contributed by atoms with Crippen molar-refractivity contribution in [2.45, 2.75) is 124 Å². The number of imidazole rings is 2. The van der Waals surface area contributed by atoms with Crippen LogP contribution in [0.3, 0.4) is 0 Å². The van der Waals surface area contributed by atoms with Gasteiger partial charge in [0.05, 0.1) is 46.6 Å². The van der Waals surface area contributed by atoms with Gasteiger partial charge in [-0.25, -0.2) is 9.97 Å². The third-order valence-corrected chi connectivity index (χ3v) is 12.5. The van der Waals surface area contributed by atoms with Crippen LogP contribution in [0.5, 0.6) is 0 Å². The number of fused-ring (bicyclic) bond motifs is 6. The van der Waals surface area contributed by atoms with Gasteiger partial charge in [-0.2, -0.15) is 0 Å². The number of allylic oxidation sites excluding steroid dienone is 4. The molecule has 0 amide bonds. The molecular weight excluding hydrogens is 647 g/mol. The van der Waals surface area contributed by atoms with Gasteiger partial charge in [0.15, 0.2) is 11.3 Å². The molecule has 3 saturated heterocycles. The number of rotatable bonds is 4. The zero-order chi connectivity index (χ0) is 33.6. The Bertz CT molecular complexity index is 1770. The van der Waals surface area contributed by atoms with E-state index in [1.807, 2.05) is 12.4 Å². The van der Waals surface area contributed by atoms with E-state index in [1.165, 1.54) is 83.8 Å². The molecular formula is C43H61N7O2. The molecule has 1 saturated carbocycles. The van der Waals surface area contributed by atoms with E-state index in [9.17, 15) is 0 Å². The molecule has 0 bridgehead atoms. The second-order valence-corrected chi connectivity index (χ2v) is 15.9. The molecule has 0 spiro atoms. The third kappa shape index (κ3) is 7.13. The van der Waals surface area contributed by atoms with Crippen LogP contribution in [0.15, 0.2) is 36.9 Å². The van der Waals surface area contributed by atoms with Gasteiger partial charge in [-0.3, -0.25) is 18.8 Å². The highest BCUT2D eigenvalue weighted by molar-refractivity contribution is 5.74. The second kappa shape index (κ2) is 15.9. The van der Waals surface area contributed by atoms with Crippen molar-refractivity contribution in [2.75, 3.05) is 33.0 Å². The van der Waals surface area contributed by atoms with Crippen LogP contribution >= 0.6 is 0 Å². The minimum Gasteiger partial charge on any atom is -0.381 e. The van der Waals surface area contributed by atoms with Crippen molar-refractivity contribution in [3.8, 4) is 0 Å². The Kier molecular flexibility index (Phi) is 11.3. The summed E-state index contributed by atoms with van der Waals surface area (Å²) < 4.78 is 15.8. The van der Waals surface area contributed by atoms with Crippen molar-refractivity contribution in [3.63, 3.8) is 0 Å². The topological polar surface area (TPSA) is 90.9 Å². The lowest BCUT2D eigenvalue weighted by Gasteiger charge is -2.26. The van der Waals surface area contributed by atoms with Crippen LogP contribution in [0.4, 0.5) is 0 Å². The molecule has 280 valence electrons. The first-order valence-electron chi connectivity index (χ1n) is 19.6. The number of hydrogen-bond donors (Lipinski definition) is 1. The summed E-state index contributed by atoms with van der Waals surface area (Å²) in [5.41, 5.74) is 12.5. The maximum absolute atomic E-state index is 5.57. The number of hydrogen-bond acceptors (Lipinski definition) is 7. The van der Waals surface area contributed by atoms with Gasteiger partial charge in [0.1, 0.15) is 0 Å². The third-order valence-electron chi connectivity index (χ3n) is 12.5. The predicted octanol–water partition coefficient (Wildman–Crippen LogP) is 8.61. The van der Waals surface area contributed by atoms with Gasteiger partial charge in [0, 0.05) is 69.5 Å². The summed E-state index contributed by atoms with van der Waals surface area (Å²) in [6.45, 7) is 9.27. The minimum absolute atomic E-state index is 0. The van der Waals surface area contributed by atoms with E-state index < -0.39 is 0 Å². The van der Waals surface area contributed by atoms with Gasteiger partial charge in [-0.1, -0.05) is 46.8 Å². The molecule has 4 unspecified atom stereocenters. The second-order valence-electron chi connectivity index (χ2n) is 15.9. The van der Waals surface area contributed by atoms with Gasteiger partial charge in [0.2, 0.25) is 0 Å². The smallest absolute Gasteiger partial charge is 0.156 e. The van der Waals surface area contributed by atoms with E-state index in [1.54, 1.807) is 0 Å². The highest BCUT2D eigenvalue weighted by Gasteiger charge is 2.31. The molecule has 0 aromatic carbocycles. The van der Waals surface area contributed by atoms with Gasteiger partial charge in [0.25, 0.3) is 0 Å². The highest BCUT2D eigenvalue weighted by atomic mass is 16.5. The van der Waals surface area contributed by atoms with E-state index >= 15 is 0 Å². The van der Waals surface area contributed by atoms with E-state index in [0.717, 1.165) is 88.7 Å². The number of aromatic nitrogens is 6. The lowest BCUT2D eigenvalue weighted by molar-refractivity contribution is 0.0806. The monoisotopic (exact) mass is 707 g/mol. The van der Waals surface area contributed by atoms with Crippen molar-refractivity contribution in [2.24, 2.45) is 17.8 Å². The molecule has 3 aliphatic heterocycles. The van der Waals surface area contributed by atoms with Crippen LogP contribution in [0.25, 0.3) is 22.4 Å². The van der Waals surface area contributed by atoms with Crippen molar-refractivity contribution < 1.29 is 9.47 Å². The lowest BCUT2D eigenvalue weighted by atomic mass is 9.81. The van der Waals surface area contributed by atoms with Crippen LogP contribution in [-0.2, 0) is 22.3 Å². The fourth-order valence-corrected chi connectivity index (χ4v) is 9.79. The molecule has 4 fully saturated rings. The maximum atomic E-state index is 5.57. The summed E-state index contributed by atoms with van der Waals surface area (Å²) in [5, 5.41) is 3.54. The molecule has 1 N–H and O–H groups in total. The van der Waals surface area contributed by atoms with E-state index in [2.05, 4.69) is 52.5 Å². The first-order chi connectivity index (χ1) is 24.6. The largest absolute Gasteiger partial charge is 0.381 e. The Morgan fingerprint density at radius 2 is 1.15 bits per heavy atom. The molecule has 52 heavy (non-hydrogen) atoms. The van der Waals surface area contributed by atoms with E-state index in [-0.39, 0.29) is 14.9 Å². The molecule has 9 nitrogen and oxygen atoms in total. The maximum Gasteiger partial charge on any atom is 0.156 e. The average molecular weight is 708 g/mol. The van der Waals surface area contributed by atoms with Crippen molar-refractivity contribution in [1.82, 2.24) is 34.1 Å². The average Bonchev–Trinajstić information content (AvgIpc) is 3.96. The van der Waals surface area contributed by atoms with Crippen LogP contribution < -0.4 is 5.32 Å². The molecule has 4 atom stereocenters. The van der Waals surface area contributed by atoms with Crippen LogP contribution in [0, 0.1) is 17.8 Å². The van der Waals surface area contributed by atoms with Crippen LogP contribution in [0.1, 0.15) is 139 Å². The molecule has 0 radical (unpaired) electrons. The normalized spacial score (nSPS) is 26.4. The molecule has 6 aliphatic rings. The SMILES string of the molecule is C.C.CC1CC(c2cn3c4c(ncc3n2)CC=C4C2CCOCC2)CCN1.CC1CCCC(c2cn3c4c(ncc3n2)CC=C4C2CCOCC2)C1. The van der Waals surface area contributed by atoms with Crippen LogP contribution in [0.2, 0.25) is 0 Å². The van der Waals surface area contributed by atoms with E-state index in [4.69, 9.17) is 29.4 Å². The summed E-state index contributed by atoms with van der Waals surface area (Å²) >= 11 is 0. The Labute approximate surface area is 310 Å². The van der Waals surface area contributed by atoms with Gasteiger partial charge >= 0.3 is 0 Å². The first-order valence-corrected chi connectivity index (χ1v) is 19.6. The van der Waals surface area contributed by atoms with Crippen molar-refractivity contribution in [1.29, 1.82) is 0 Å². The zero-order valence-corrected chi connectivity index (χ0v) is 29.9. The fourth-order valence-electron chi connectivity index (χ4n) is 9.79. The Morgan fingerprint density at radius 1 is 0.635 bits per heavy atom. The summed E-state index contributed by atoms with van der Waals surface area (Å²) in [4.78, 5) is 19.4. The molecule has 9 heteroatoms. The molecule has 3 aliphatic carbocycles. The fraction of sp³-hybridized carbons (Fsp3) is 0.628. The summed E-state index contributed by atoms with van der Waals surface area (Å²) in [6, 6.07) is 0.574. The summed E-state index contributed by atoms with van der Waals surface area (Å²) in [5.74, 6) is 3.22. The van der Waals surface area contributed by atoms with Crippen LogP contribution in [-0.4, -0.2) is 67.8 Å². The number of piperidine rings is 1. The molecule has 7 heterocycles. The standard InChI is InChI=1S/C21H27N3O.C20H26N4O.2CH4/c1-14-3-2-4-16(11-14)19-13-24-20(23-19)12-22-18-6-5-17(21(18)24)15-7-9-25-10-8-15;1-13-10-15(4-7-21-13)18-12-24-19(23-18)11-22-17-3-2-16(20(17)24)14-5-8-25-9-6-14;;/h5,12-16H,2-4,6-11H2,1H3;2,11-15,21H,3-10H2,1H3;2*1H4. The number of nitrogens with zero attached hydrogens (tertiary/aromatic N) is 6.